The highest BCUT2D eigenvalue weighted by Crippen LogP contribution is 2.72. The van der Waals surface area contributed by atoms with Crippen molar-refractivity contribution in [2.24, 2.45) is 23.7 Å². The topological polar surface area (TPSA) is 63.3 Å². The van der Waals surface area contributed by atoms with Crippen LogP contribution >= 0.6 is 0 Å². The maximum atomic E-state index is 10.9. The van der Waals surface area contributed by atoms with E-state index in [0.717, 1.165) is 23.7 Å². The van der Waals surface area contributed by atoms with Gasteiger partial charge in [0.05, 0.1) is 0 Å². The summed E-state index contributed by atoms with van der Waals surface area (Å²) in [6, 6.07) is 0. The number of hydrogen-bond donors (Lipinski definition) is 1. The Balaban J connectivity index is 1.65. The quantitative estimate of drug-likeness (QED) is 0.852. The van der Waals surface area contributed by atoms with Crippen LogP contribution in [0, 0.1) is 30.6 Å². The minimum absolute atomic E-state index is 0.0947. The first-order valence-corrected chi connectivity index (χ1v) is 6.37. The summed E-state index contributed by atoms with van der Waals surface area (Å²) in [4.78, 5) is 15.1. The van der Waals surface area contributed by atoms with E-state index in [9.17, 15) is 4.79 Å². The predicted molar refractivity (Wildman–Crippen MR) is 58.8 cm³/mol. The first-order chi connectivity index (χ1) is 8.16. The van der Waals surface area contributed by atoms with Gasteiger partial charge in [0.1, 0.15) is 5.76 Å². The smallest absolute Gasteiger partial charge is 0.358 e. The molecule has 4 rings (SSSR count). The number of aromatic carboxylic acids is 1. The van der Waals surface area contributed by atoms with Crippen LogP contribution in [0.4, 0.5) is 0 Å². The second kappa shape index (κ2) is 2.92. The lowest BCUT2D eigenvalue weighted by Crippen LogP contribution is -2.00. The largest absolute Gasteiger partial charge is 0.476 e. The van der Waals surface area contributed by atoms with Crippen LogP contribution in [0.1, 0.15) is 47.3 Å². The Labute approximate surface area is 99.0 Å². The molecule has 0 radical (unpaired) electrons. The third-order valence-corrected chi connectivity index (χ3v) is 5.04. The summed E-state index contributed by atoms with van der Waals surface area (Å²) in [5.74, 6) is 3.78. The number of oxazole rings is 1. The molecule has 3 fully saturated rings. The summed E-state index contributed by atoms with van der Waals surface area (Å²) in [5.41, 5.74) is 0.0947. The molecule has 4 unspecified atom stereocenters. The number of carboxylic acids is 1. The average molecular weight is 233 g/mol. The van der Waals surface area contributed by atoms with Crippen LogP contribution in [-0.2, 0) is 0 Å². The Morgan fingerprint density at radius 3 is 2.53 bits per heavy atom. The Kier molecular flexibility index (Phi) is 1.66. The average Bonchev–Trinajstić information content (AvgIpc) is 2.66. The molecule has 1 N–H and O–H groups in total. The van der Waals surface area contributed by atoms with E-state index in [-0.39, 0.29) is 5.69 Å². The molecule has 0 amide bonds. The van der Waals surface area contributed by atoms with Crippen molar-refractivity contribution in [2.45, 2.75) is 32.1 Å². The van der Waals surface area contributed by atoms with Gasteiger partial charge in [-0.1, -0.05) is 0 Å². The van der Waals surface area contributed by atoms with Crippen LogP contribution in [0.2, 0.25) is 0 Å². The van der Waals surface area contributed by atoms with Crippen molar-refractivity contribution in [1.29, 1.82) is 0 Å². The highest BCUT2D eigenvalue weighted by molar-refractivity contribution is 5.86. The van der Waals surface area contributed by atoms with E-state index in [2.05, 4.69) is 4.98 Å². The number of carboxylic acid groups (broad SMARTS) is 1. The fourth-order valence-corrected chi connectivity index (χ4v) is 4.41. The summed E-state index contributed by atoms with van der Waals surface area (Å²) in [5, 5.41) is 8.98. The first kappa shape index (κ1) is 9.68. The molecule has 90 valence electrons. The summed E-state index contributed by atoms with van der Waals surface area (Å²) in [6.45, 7) is 1.69. The molecule has 0 aromatic carbocycles. The molecular formula is C13H15NO3. The van der Waals surface area contributed by atoms with E-state index in [1.807, 2.05) is 0 Å². The van der Waals surface area contributed by atoms with E-state index in [1.165, 1.54) is 19.3 Å². The van der Waals surface area contributed by atoms with Crippen LogP contribution in [0.5, 0.6) is 0 Å². The number of hydrogen-bond acceptors (Lipinski definition) is 3. The van der Waals surface area contributed by atoms with Gasteiger partial charge in [0.2, 0.25) is 0 Å². The number of fused-ring (bicyclic) bond motifs is 5. The van der Waals surface area contributed by atoms with Gasteiger partial charge in [0.25, 0.3) is 0 Å². The lowest BCUT2D eigenvalue weighted by atomic mass is 10.0. The maximum Gasteiger partial charge on any atom is 0.358 e. The van der Waals surface area contributed by atoms with Crippen molar-refractivity contribution < 1.29 is 14.3 Å². The molecule has 3 aliphatic rings. The van der Waals surface area contributed by atoms with Gasteiger partial charge in [-0.3, -0.25) is 0 Å². The Morgan fingerprint density at radius 1 is 1.35 bits per heavy atom. The Hall–Kier alpha value is -1.32. The molecule has 0 saturated heterocycles. The number of carbonyl (C=O) groups is 1. The van der Waals surface area contributed by atoms with Crippen LogP contribution in [0.25, 0.3) is 0 Å². The molecule has 1 heterocycles. The second-order valence-electron chi connectivity index (χ2n) is 5.78. The number of rotatable bonds is 2. The lowest BCUT2D eigenvalue weighted by Gasteiger charge is -2.04. The zero-order valence-electron chi connectivity index (χ0n) is 9.72. The number of aromatic nitrogens is 1. The molecule has 1 aromatic heterocycles. The van der Waals surface area contributed by atoms with Crippen LogP contribution < -0.4 is 0 Å². The van der Waals surface area contributed by atoms with Crippen molar-refractivity contribution >= 4 is 5.97 Å². The molecule has 0 spiro atoms. The van der Waals surface area contributed by atoms with Crippen LogP contribution in [0.3, 0.4) is 0 Å². The highest BCUT2D eigenvalue weighted by atomic mass is 16.4. The molecule has 3 aliphatic carbocycles. The van der Waals surface area contributed by atoms with Crippen molar-refractivity contribution in [1.82, 2.24) is 4.98 Å². The number of nitrogens with zero attached hydrogens (tertiary/aromatic N) is 1. The van der Waals surface area contributed by atoms with Gasteiger partial charge >= 0.3 is 5.97 Å². The summed E-state index contributed by atoms with van der Waals surface area (Å²) >= 11 is 0. The maximum absolute atomic E-state index is 10.9. The van der Waals surface area contributed by atoms with E-state index in [4.69, 9.17) is 9.52 Å². The fourth-order valence-electron chi connectivity index (χ4n) is 4.41. The predicted octanol–water partition coefficient (Wildman–Crippen LogP) is 2.44. The first-order valence-electron chi connectivity index (χ1n) is 6.37. The van der Waals surface area contributed by atoms with Gasteiger partial charge in [0.15, 0.2) is 11.6 Å². The van der Waals surface area contributed by atoms with Crippen molar-refractivity contribution in [2.75, 3.05) is 0 Å². The summed E-state index contributed by atoms with van der Waals surface area (Å²) < 4.78 is 5.57. The Bertz CT molecular complexity index is 491. The van der Waals surface area contributed by atoms with Gasteiger partial charge in [0, 0.05) is 5.92 Å². The molecule has 4 heteroatoms. The summed E-state index contributed by atoms with van der Waals surface area (Å²) in [6.07, 6.45) is 4.10. The minimum atomic E-state index is -0.980. The molecule has 4 nitrogen and oxygen atoms in total. The van der Waals surface area contributed by atoms with E-state index >= 15 is 0 Å². The van der Waals surface area contributed by atoms with Crippen molar-refractivity contribution in [3.63, 3.8) is 0 Å². The van der Waals surface area contributed by atoms with Crippen molar-refractivity contribution in [3.8, 4) is 0 Å². The third-order valence-electron chi connectivity index (χ3n) is 5.04. The monoisotopic (exact) mass is 233 g/mol. The Morgan fingerprint density at radius 2 is 2.00 bits per heavy atom. The van der Waals surface area contributed by atoms with E-state index < -0.39 is 5.97 Å². The molecular weight excluding hydrogens is 218 g/mol. The third kappa shape index (κ3) is 1.13. The van der Waals surface area contributed by atoms with Gasteiger partial charge in [-0.25, -0.2) is 9.78 Å². The van der Waals surface area contributed by atoms with E-state index in [0.29, 0.717) is 17.6 Å². The second-order valence-corrected chi connectivity index (χ2v) is 5.78. The van der Waals surface area contributed by atoms with Crippen molar-refractivity contribution in [3.05, 3.63) is 17.3 Å². The van der Waals surface area contributed by atoms with Crippen LogP contribution in [0.15, 0.2) is 4.42 Å². The SMILES string of the molecule is Cc1oc(C2C3C4CCC(C4)C23)nc1C(=O)O. The van der Waals surface area contributed by atoms with Crippen LogP contribution in [-0.4, -0.2) is 16.1 Å². The summed E-state index contributed by atoms with van der Waals surface area (Å²) in [7, 11) is 0. The zero-order valence-corrected chi connectivity index (χ0v) is 9.72. The molecule has 17 heavy (non-hydrogen) atoms. The highest BCUT2D eigenvalue weighted by Gasteiger charge is 2.67. The zero-order chi connectivity index (χ0) is 11.7. The molecule has 0 aliphatic heterocycles. The molecule has 4 atom stereocenters. The minimum Gasteiger partial charge on any atom is -0.476 e. The fraction of sp³-hybridized carbons (Fsp3) is 0.692. The van der Waals surface area contributed by atoms with Gasteiger partial charge in [-0.2, -0.15) is 0 Å². The molecule has 3 saturated carbocycles. The molecule has 2 bridgehead atoms. The number of aryl methyl sites for hydroxylation is 1. The van der Waals surface area contributed by atoms with E-state index in [1.54, 1.807) is 6.92 Å². The lowest BCUT2D eigenvalue weighted by molar-refractivity contribution is 0.0689. The molecule has 1 aromatic rings. The van der Waals surface area contributed by atoms with Gasteiger partial charge < -0.3 is 9.52 Å². The van der Waals surface area contributed by atoms with Gasteiger partial charge in [-0.05, 0) is 49.9 Å². The van der Waals surface area contributed by atoms with Gasteiger partial charge in [-0.15, -0.1) is 0 Å². The normalized spacial score (nSPS) is 41.6. The standard InChI is InChI=1S/C13H15NO3/c1-5-11(13(15)16)14-12(17-5)10-8-6-2-3-7(4-6)9(8)10/h6-10H,2-4H2,1H3,(H,15,16).